The lowest BCUT2D eigenvalue weighted by molar-refractivity contribution is 0.184. The lowest BCUT2D eigenvalue weighted by Gasteiger charge is -2.21. The number of aliphatic hydroxyl groups is 1. The molecule has 0 radical (unpaired) electrons. The summed E-state index contributed by atoms with van der Waals surface area (Å²) in [6.45, 7) is 0.449. The largest absolute Gasteiger partial charge is 0.386 e. The molecule has 2 aromatic heterocycles. The van der Waals surface area contributed by atoms with Crippen LogP contribution in [0.15, 0.2) is 43.1 Å². The van der Waals surface area contributed by atoms with Gasteiger partial charge in [0.1, 0.15) is 5.82 Å². The maximum Gasteiger partial charge on any atom is 0.146 e. The molecule has 0 saturated heterocycles. The Morgan fingerprint density at radius 1 is 1.24 bits per heavy atom. The number of aromatic nitrogens is 3. The van der Waals surface area contributed by atoms with Gasteiger partial charge >= 0.3 is 0 Å². The SMILES string of the molecule is CN(CC(O)c1cccnc1)c1cnccn1. The molecule has 0 aromatic carbocycles. The maximum absolute atomic E-state index is 10.0. The molecule has 5 nitrogen and oxygen atoms in total. The lowest BCUT2D eigenvalue weighted by Crippen LogP contribution is -2.25. The summed E-state index contributed by atoms with van der Waals surface area (Å²) in [4.78, 5) is 14.0. The van der Waals surface area contributed by atoms with Gasteiger partial charge in [-0.2, -0.15) is 0 Å². The van der Waals surface area contributed by atoms with Crippen LogP contribution in [0.4, 0.5) is 5.82 Å². The van der Waals surface area contributed by atoms with E-state index in [0.29, 0.717) is 6.54 Å². The number of anilines is 1. The third-order valence-electron chi connectivity index (χ3n) is 2.46. The van der Waals surface area contributed by atoms with Crippen molar-refractivity contribution >= 4 is 5.82 Å². The number of aliphatic hydroxyl groups excluding tert-OH is 1. The van der Waals surface area contributed by atoms with Gasteiger partial charge in [0.2, 0.25) is 0 Å². The number of rotatable bonds is 4. The fraction of sp³-hybridized carbons (Fsp3) is 0.250. The smallest absolute Gasteiger partial charge is 0.146 e. The van der Waals surface area contributed by atoms with Crippen molar-refractivity contribution in [2.45, 2.75) is 6.10 Å². The first kappa shape index (κ1) is 11.5. The molecule has 0 aliphatic heterocycles. The normalized spacial score (nSPS) is 12.1. The zero-order chi connectivity index (χ0) is 12.1. The number of pyridine rings is 1. The van der Waals surface area contributed by atoms with Crippen LogP contribution < -0.4 is 4.90 Å². The Morgan fingerprint density at radius 3 is 2.71 bits per heavy atom. The highest BCUT2D eigenvalue weighted by Crippen LogP contribution is 2.14. The molecule has 1 atom stereocenters. The molecule has 0 spiro atoms. The Bertz CT molecular complexity index is 405. The van der Waals surface area contributed by atoms with E-state index in [1.165, 1.54) is 0 Å². The minimum Gasteiger partial charge on any atom is -0.386 e. The van der Waals surface area contributed by atoms with Gasteiger partial charge < -0.3 is 10.0 Å². The second-order valence-corrected chi connectivity index (χ2v) is 3.75. The summed E-state index contributed by atoms with van der Waals surface area (Å²) in [5.41, 5.74) is 0.795. The highest BCUT2D eigenvalue weighted by atomic mass is 16.3. The van der Waals surface area contributed by atoms with Crippen LogP contribution in [0.1, 0.15) is 11.7 Å². The summed E-state index contributed by atoms with van der Waals surface area (Å²) >= 11 is 0. The van der Waals surface area contributed by atoms with E-state index in [9.17, 15) is 5.11 Å². The molecule has 0 saturated carbocycles. The van der Waals surface area contributed by atoms with Crippen LogP contribution in [-0.4, -0.2) is 33.7 Å². The van der Waals surface area contributed by atoms with E-state index in [0.717, 1.165) is 11.4 Å². The predicted molar refractivity (Wildman–Crippen MR) is 64.5 cm³/mol. The molecule has 0 aliphatic rings. The van der Waals surface area contributed by atoms with Crippen LogP contribution in [0.2, 0.25) is 0 Å². The van der Waals surface area contributed by atoms with Crippen molar-refractivity contribution in [1.82, 2.24) is 15.0 Å². The first-order valence-corrected chi connectivity index (χ1v) is 5.32. The molecule has 1 N–H and O–H groups in total. The van der Waals surface area contributed by atoms with Crippen molar-refractivity contribution < 1.29 is 5.11 Å². The molecule has 5 heteroatoms. The molecule has 2 rings (SSSR count). The highest BCUT2D eigenvalue weighted by Gasteiger charge is 2.11. The van der Waals surface area contributed by atoms with Gasteiger partial charge in [0.05, 0.1) is 12.3 Å². The quantitative estimate of drug-likeness (QED) is 0.850. The second kappa shape index (κ2) is 5.36. The average Bonchev–Trinajstić information content (AvgIpc) is 2.40. The Balaban J connectivity index is 2.02. The number of nitrogens with zero attached hydrogens (tertiary/aromatic N) is 4. The topological polar surface area (TPSA) is 62.1 Å². The minimum atomic E-state index is -0.587. The monoisotopic (exact) mass is 230 g/mol. The fourth-order valence-corrected chi connectivity index (χ4v) is 1.52. The standard InChI is InChI=1S/C12H14N4O/c1-16(12-8-14-5-6-15-12)9-11(17)10-3-2-4-13-7-10/h2-8,11,17H,9H2,1H3. The maximum atomic E-state index is 10.0. The summed E-state index contributed by atoms with van der Waals surface area (Å²) in [6, 6.07) is 3.66. The minimum absolute atomic E-state index is 0.449. The van der Waals surface area contributed by atoms with Gasteiger partial charge in [-0.3, -0.25) is 9.97 Å². The van der Waals surface area contributed by atoms with E-state index in [4.69, 9.17) is 0 Å². The molecule has 17 heavy (non-hydrogen) atoms. The van der Waals surface area contributed by atoms with Gasteiger partial charge in [0.15, 0.2) is 0 Å². The molecule has 1 unspecified atom stereocenters. The molecule has 2 aromatic rings. The van der Waals surface area contributed by atoms with Crippen molar-refractivity contribution in [3.63, 3.8) is 0 Å². The molecule has 2 heterocycles. The third-order valence-corrected chi connectivity index (χ3v) is 2.46. The van der Waals surface area contributed by atoms with E-state index in [2.05, 4.69) is 15.0 Å². The Morgan fingerprint density at radius 2 is 2.06 bits per heavy atom. The van der Waals surface area contributed by atoms with Gasteiger partial charge in [-0.1, -0.05) is 6.07 Å². The van der Waals surface area contributed by atoms with E-state index < -0.39 is 6.10 Å². The molecule has 0 aliphatic carbocycles. The van der Waals surface area contributed by atoms with E-state index in [1.54, 1.807) is 37.1 Å². The molecule has 88 valence electrons. The summed E-state index contributed by atoms with van der Waals surface area (Å²) in [6.07, 6.45) is 7.67. The molecular weight excluding hydrogens is 216 g/mol. The van der Waals surface area contributed by atoms with Crippen molar-refractivity contribution in [2.75, 3.05) is 18.5 Å². The fourth-order valence-electron chi connectivity index (χ4n) is 1.52. The van der Waals surface area contributed by atoms with Crippen molar-refractivity contribution in [2.24, 2.45) is 0 Å². The van der Waals surface area contributed by atoms with E-state index in [-0.39, 0.29) is 0 Å². The lowest BCUT2D eigenvalue weighted by atomic mass is 10.1. The summed E-state index contributed by atoms with van der Waals surface area (Å²) in [7, 11) is 1.86. The third kappa shape index (κ3) is 2.98. The first-order chi connectivity index (χ1) is 8.27. The first-order valence-electron chi connectivity index (χ1n) is 5.32. The zero-order valence-corrected chi connectivity index (χ0v) is 9.56. The molecule has 0 bridgehead atoms. The molecule has 0 fully saturated rings. The van der Waals surface area contributed by atoms with Crippen molar-refractivity contribution in [1.29, 1.82) is 0 Å². The van der Waals surface area contributed by atoms with E-state index in [1.807, 2.05) is 18.0 Å². The van der Waals surface area contributed by atoms with Crippen LogP contribution in [0, 0.1) is 0 Å². The average molecular weight is 230 g/mol. The van der Waals surface area contributed by atoms with Crippen molar-refractivity contribution in [3.05, 3.63) is 48.7 Å². The number of hydrogen-bond acceptors (Lipinski definition) is 5. The Hall–Kier alpha value is -2.01. The van der Waals surface area contributed by atoms with Crippen LogP contribution >= 0.6 is 0 Å². The van der Waals surface area contributed by atoms with Gasteiger partial charge in [-0.05, 0) is 6.07 Å². The Labute approximate surface area is 99.8 Å². The Kier molecular flexibility index (Phi) is 3.62. The predicted octanol–water partition coefficient (Wildman–Crippen LogP) is 1.04. The van der Waals surface area contributed by atoms with E-state index >= 15 is 0 Å². The summed E-state index contributed by atoms with van der Waals surface area (Å²) < 4.78 is 0. The van der Waals surface area contributed by atoms with Gasteiger partial charge in [-0.25, -0.2) is 4.98 Å². The van der Waals surface area contributed by atoms with Crippen LogP contribution in [0.25, 0.3) is 0 Å². The molecular formula is C12H14N4O. The van der Waals surface area contributed by atoms with Crippen LogP contribution in [-0.2, 0) is 0 Å². The summed E-state index contributed by atoms with van der Waals surface area (Å²) in [5.74, 6) is 0.732. The van der Waals surface area contributed by atoms with Crippen molar-refractivity contribution in [3.8, 4) is 0 Å². The number of likely N-dealkylation sites (N-methyl/N-ethyl adjacent to an activating group) is 1. The molecule has 0 amide bonds. The van der Waals surface area contributed by atoms with Crippen LogP contribution in [0.3, 0.4) is 0 Å². The van der Waals surface area contributed by atoms with Gasteiger partial charge in [0.25, 0.3) is 0 Å². The second-order valence-electron chi connectivity index (χ2n) is 3.75. The van der Waals surface area contributed by atoms with Crippen LogP contribution in [0.5, 0.6) is 0 Å². The van der Waals surface area contributed by atoms with Gasteiger partial charge in [-0.15, -0.1) is 0 Å². The highest BCUT2D eigenvalue weighted by molar-refractivity contribution is 5.34. The zero-order valence-electron chi connectivity index (χ0n) is 9.56. The summed E-state index contributed by atoms with van der Waals surface area (Å²) in [5, 5.41) is 10.0. The van der Waals surface area contributed by atoms with Gasteiger partial charge in [0, 0.05) is 43.9 Å². The number of hydrogen-bond donors (Lipinski definition) is 1.